The van der Waals surface area contributed by atoms with Crippen LogP contribution in [0.25, 0.3) is 16.5 Å². The average molecular weight is 434 g/mol. The van der Waals surface area contributed by atoms with E-state index in [1.165, 1.54) is 11.1 Å². The van der Waals surface area contributed by atoms with E-state index < -0.39 is 6.10 Å². The van der Waals surface area contributed by atoms with E-state index in [-0.39, 0.29) is 12.5 Å². The molecule has 0 spiro atoms. The second-order valence-corrected chi connectivity index (χ2v) is 8.29. The molecule has 8 heteroatoms. The van der Waals surface area contributed by atoms with Crippen LogP contribution in [0.2, 0.25) is 0 Å². The Kier molecular flexibility index (Phi) is 5.92. The van der Waals surface area contributed by atoms with Crippen molar-refractivity contribution in [3.8, 4) is 16.5 Å². The summed E-state index contributed by atoms with van der Waals surface area (Å²) in [5.41, 5.74) is 3.69. The van der Waals surface area contributed by atoms with Crippen LogP contribution in [0, 0.1) is 13.8 Å². The minimum atomic E-state index is -0.765. The number of aryl methyl sites for hydroxylation is 1. The first-order valence-corrected chi connectivity index (χ1v) is 10.7. The van der Waals surface area contributed by atoms with Crippen molar-refractivity contribution in [1.29, 1.82) is 0 Å². The zero-order valence-corrected chi connectivity index (χ0v) is 18.4. The van der Waals surface area contributed by atoms with Crippen molar-refractivity contribution in [1.82, 2.24) is 24.6 Å². The van der Waals surface area contributed by atoms with Gasteiger partial charge in [0.1, 0.15) is 0 Å². The van der Waals surface area contributed by atoms with Crippen LogP contribution in [0.4, 0.5) is 0 Å². The minimum Gasteiger partial charge on any atom is -0.387 e. The first-order chi connectivity index (χ1) is 15.0. The number of thiophene rings is 1. The molecule has 0 aliphatic heterocycles. The number of carbonyl (C=O) groups is 1. The van der Waals surface area contributed by atoms with Gasteiger partial charge < -0.3 is 10.0 Å². The molecule has 1 N–H and O–H groups in total. The van der Waals surface area contributed by atoms with Gasteiger partial charge in [-0.25, -0.2) is 14.6 Å². The molecule has 7 nitrogen and oxygen atoms in total. The highest BCUT2D eigenvalue weighted by Crippen LogP contribution is 2.26. The Bertz CT molecular complexity index is 1190. The van der Waals surface area contributed by atoms with E-state index >= 15 is 0 Å². The molecule has 0 aliphatic rings. The molecule has 0 radical (unpaired) electrons. The molecule has 4 rings (SSSR count). The molecular formula is C23H23N5O2S. The van der Waals surface area contributed by atoms with Crippen molar-refractivity contribution < 1.29 is 9.90 Å². The minimum absolute atomic E-state index is 0.178. The number of rotatable bonds is 6. The van der Waals surface area contributed by atoms with Gasteiger partial charge >= 0.3 is 0 Å². The van der Waals surface area contributed by atoms with Crippen LogP contribution in [0.5, 0.6) is 0 Å². The number of likely N-dealkylation sites (N-methyl/N-ethyl adjacent to an activating group) is 1. The van der Waals surface area contributed by atoms with E-state index in [9.17, 15) is 9.90 Å². The van der Waals surface area contributed by atoms with Crippen LogP contribution in [-0.4, -0.2) is 49.3 Å². The molecule has 1 aromatic carbocycles. The smallest absolute Gasteiger partial charge is 0.257 e. The van der Waals surface area contributed by atoms with Gasteiger partial charge in [0.15, 0.2) is 0 Å². The number of hydrogen-bond acceptors (Lipinski definition) is 6. The molecule has 0 saturated heterocycles. The predicted molar refractivity (Wildman–Crippen MR) is 120 cm³/mol. The van der Waals surface area contributed by atoms with E-state index in [1.54, 1.807) is 29.3 Å². The van der Waals surface area contributed by atoms with E-state index in [0.29, 0.717) is 17.2 Å². The number of nitrogens with zero attached hydrogens (tertiary/aromatic N) is 5. The van der Waals surface area contributed by atoms with Crippen molar-refractivity contribution in [2.75, 3.05) is 13.6 Å². The van der Waals surface area contributed by atoms with Crippen molar-refractivity contribution >= 4 is 17.2 Å². The first-order valence-electron chi connectivity index (χ1n) is 9.86. The lowest BCUT2D eigenvalue weighted by Crippen LogP contribution is -2.31. The molecule has 3 heterocycles. The molecule has 1 atom stereocenters. The third-order valence-electron chi connectivity index (χ3n) is 5.12. The van der Waals surface area contributed by atoms with E-state index in [4.69, 9.17) is 0 Å². The summed E-state index contributed by atoms with van der Waals surface area (Å²) < 4.78 is 1.57. The number of aliphatic hydroxyl groups is 1. The van der Waals surface area contributed by atoms with Crippen LogP contribution in [0.3, 0.4) is 0 Å². The molecule has 0 aliphatic carbocycles. The number of carbonyl (C=O) groups excluding carboxylic acids is 1. The monoisotopic (exact) mass is 433 g/mol. The Morgan fingerprint density at radius 1 is 1.16 bits per heavy atom. The van der Waals surface area contributed by atoms with Crippen molar-refractivity contribution in [2.45, 2.75) is 20.0 Å². The van der Waals surface area contributed by atoms with E-state index in [1.807, 2.05) is 61.7 Å². The molecule has 1 unspecified atom stereocenters. The highest BCUT2D eigenvalue weighted by molar-refractivity contribution is 7.13. The molecule has 0 fully saturated rings. The quantitative estimate of drug-likeness (QED) is 0.500. The summed E-state index contributed by atoms with van der Waals surface area (Å²) in [5.74, 6) is 0.196. The SMILES string of the molecule is Cc1cnc(-n2ncc(C(=O)N(C)CC(O)c3ccccc3)c2C)nc1-c1cccs1. The van der Waals surface area contributed by atoms with E-state index in [0.717, 1.165) is 21.7 Å². The summed E-state index contributed by atoms with van der Waals surface area (Å²) in [5, 5.41) is 16.8. The topological polar surface area (TPSA) is 84.1 Å². The van der Waals surface area contributed by atoms with Crippen LogP contribution in [0.1, 0.15) is 33.3 Å². The number of hydrogen-bond donors (Lipinski definition) is 1. The van der Waals surface area contributed by atoms with Gasteiger partial charge in [-0.05, 0) is 36.4 Å². The molecule has 0 saturated carbocycles. The number of aromatic nitrogens is 4. The zero-order valence-electron chi connectivity index (χ0n) is 17.6. The second kappa shape index (κ2) is 8.79. The Labute approximate surface area is 184 Å². The molecular weight excluding hydrogens is 410 g/mol. The molecule has 1 amide bonds. The normalized spacial score (nSPS) is 12.0. The van der Waals surface area contributed by atoms with Gasteiger partial charge in [-0.1, -0.05) is 36.4 Å². The largest absolute Gasteiger partial charge is 0.387 e. The Morgan fingerprint density at radius 2 is 1.94 bits per heavy atom. The summed E-state index contributed by atoms with van der Waals surface area (Å²) >= 11 is 1.61. The predicted octanol–water partition coefficient (Wildman–Crippen LogP) is 3.81. The van der Waals surface area contributed by atoms with E-state index in [2.05, 4.69) is 15.1 Å². The lowest BCUT2D eigenvalue weighted by molar-refractivity contribution is 0.0680. The second-order valence-electron chi connectivity index (χ2n) is 7.35. The summed E-state index contributed by atoms with van der Waals surface area (Å²) in [7, 11) is 1.67. The first kappa shape index (κ1) is 20.9. The lowest BCUT2D eigenvalue weighted by Gasteiger charge is -2.21. The fourth-order valence-corrected chi connectivity index (χ4v) is 4.13. The highest BCUT2D eigenvalue weighted by atomic mass is 32.1. The fraction of sp³-hybridized carbons (Fsp3) is 0.217. The zero-order chi connectivity index (χ0) is 22.0. The lowest BCUT2D eigenvalue weighted by atomic mass is 10.1. The maximum atomic E-state index is 13.0. The third-order valence-corrected chi connectivity index (χ3v) is 6.00. The molecule has 0 bridgehead atoms. The molecule has 31 heavy (non-hydrogen) atoms. The maximum absolute atomic E-state index is 13.0. The molecule has 158 valence electrons. The number of amides is 1. The van der Waals surface area contributed by atoms with Gasteiger partial charge in [0, 0.05) is 13.2 Å². The van der Waals surface area contributed by atoms with Gasteiger partial charge in [0.05, 0.1) is 40.7 Å². The summed E-state index contributed by atoms with van der Waals surface area (Å²) in [4.78, 5) is 24.7. The van der Waals surface area contributed by atoms with Gasteiger partial charge in [0.2, 0.25) is 0 Å². The Balaban J connectivity index is 1.57. The fourth-order valence-electron chi connectivity index (χ4n) is 3.35. The van der Waals surface area contributed by atoms with Crippen LogP contribution in [-0.2, 0) is 0 Å². The van der Waals surface area contributed by atoms with Crippen molar-refractivity contribution in [3.05, 3.63) is 82.6 Å². The standard InChI is InChI=1S/C23H23N5O2S/c1-15-12-24-23(26-21(15)20-10-7-11-31-20)28-16(2)18(13-25-28)22(30)27(3)14-19(29)17-8-5-4-6-9-17/h4-13,19,29H,14H2,1-3H3. The maximum Gasteiger partial charge on any atom is 0.257 e. The van der Waals surface area contributed by atoms with Gasteiger partial charge in [-0.15, -0.1) is 11.3 Å². The Morgan fingerprint density at radius 3 is 2.65 bits per heavy atom. The van der Waals surface area contributed by atoms with Crippen molar-refractivity contribution in [3.63, 3.8) is 0 Å². The van der Waals surface area contributed by atoms with Crippen LogP contribution in [0.15, 0.2) is 60.2 Å². The summed E-state index contributed by atoms with van der Waals surface area (Å²) in [6.45, 7) is 3.96. The van der Waals surface area contributed by atoms with Gasteiger partial charge in [0.25, 0.3) is 11.9 Å². The highest BCUT2D eigenvalue weighted by Gasteiger charge is 2.22. The third kappa shape index (κ3) is 4.26. The number of aliphatic hydroxyl groups excluding tert-OH is 1. The van der Waals surface area contributed by atoms with Crippen LogP contribution >= 0.6 is 11.3 Å². The summed E-state index contributed by atoms with van der Waals surface area (Å²) in [6, 6.07) is 13.3. The average Bonchev–Trinajstić information content (AvgIpc) is 3.44. The van der Waals surface area contributed by atoms with Crippen LogP contribution < -0.4 is 0 Å². The number of benzene rings is 1. The summed E-state index contributed by atoms with van der Waals surface area (Å²) in [6.07, 6.45) is 2.53. The van der Waals surface area contributed by atoms with Gasteiger partial charge in [-0.2, -0.15) is 5.10 Å². The molecule has 3 aromatic heterocycles. The van der Waals surface area contributed by atoms with Crippen molar-refractivity contribution in [2.24, 2.45) is 0 Å². The van der Waals surface area contributed by atoms with Gasteiger partial charge in [-0.3, -0.25) is 4.79 Å². The molecule has 4 aromatic rings. The Hall–Kier alpha value is -3.36.